The molecule has 1 amide bonds. The van der Waals surface area contributed by atoms with Gasteiger partial charge in [0.05, 0.1) is 23.4 Å². The van der Waals surface area contributed by atoms with Crippen LogP contribution in [0.15, 0.2) is 0 Å². The number of nitrogens with zero attached hydrogens (tertiary/aromatic N) is 3. The summed E-state index contributed by atoms with van der Waals surface area (Å²) in [4.78, 5) is 26.8. The van der Waals surface area contributed by atoms with Crippen LogP contribution in [-0.4, -0.2) is 62.3 Å². The molecule has 0 bridgehead atoms. The van der Waals surface area contributed by atoms with Crippen LogP contribution in [0, 0.1) is 0 Å². The lowest BCUT2D eigenvalue weighted by molar-refractivity contribution is 0.0589. The van der Waals surface area contributed by atoms with Gasteiger partial charge in [-0.25, -0.2) is 4.79 Å². The Bertz CT molecular complexity index is 629. The van der Waals surface area contributed by atoms with Crippen molar-refractivity contribution in [1.29, 1.82) is 0 Å². The Kier molecular flexibility index (Phi) is 7.06. The summed E-state index contributed by atoms with van der Waals surface area (Å²) in [5.41, 5.74) is 6.39. The van der Waals surface area contributed by atoms with Crippen molar-refractivity contribution in [3.05, 3.63) is 11.4 Å². The molecule has 140 valence electrons. The number of anilines is 1. The summed E-state index contributed by atoms with van der Waals surface area (Å²) < 4.78 is 6.39. The van der Waals surface area contributed by atoms with Crippen molar-refractivity contribution in [3.63, 3.8) is 0 Å². The molecule has 1 aromatic rings. The van der Waals surface area contributed by atoms with Gasteiger partial charge in [0, 0.05) is 13.6 Å². The number of likely N-dealkylation sites (tertiary alicyclic amines) is 1. The molecule has 0 radical (unpaired) electrons. The minimum Gasteiger partial charge on any atom is -0.464 e. The van der Waals surface area contributed by atoms with Crippen molar-refractivity contribution >= 4 is 41.1 Å². The number of methoxy groups -OCH3 is 1. The normalized spacial score (nSPS) is 17.3. The van der Waals surface area contributed by atoms with Gasteiger partial charge in [-0.05, 0) is 24.3 Å². The number of carbonyl (C=O) groups excluding carboxylic acids is 2. The molecule has 0 aliphatic carbocycles. The van der Waals surface area contributed by atoms with Gasteiger partial charge in [0.2, 0.25) is 0 Å². The number of amides is 1. The number of nitrogen functional groups attached to an aromatic ring is 1. The maximum atomic E-state index is 13.1. The van der Waals surface area contributed by atoms with E-state index in [1.165, 1.54) is 11.8 Å². The lowest BCUT2D eigenvalue weighted by atomic mass is 10.2. The molecule has 1 aliphatic heterocycles. The summed E-state index contributed by atoms with van der Waals surface area (Å²) >= 11 is 3.75. The highest BCUT2D eigenvalue weighted by Crippen LogP contribution is 2.36. The van der Waals surface area contributed by atoms with Crippen molar-refractivity contribution in [2.24, 2.45) is 7.05 Å². The molecule has 0 saturated carbocycles. The van der Waals surface area contributed by atoms with E-state index in [4.69, 9.17) is 10.5 Å². The standard InChI is InChI=1S/C16H26N4O3S2/c1-5-24-16(25-6-2)10-8-7-9-20(10)14(21)12-11(17)13(15(22)23-4)19(3)18-12/h10,16H,5-9,17H2,1-4H3/t10-/m0/s1. The van der Waals surface area contributed by atoms with E-state index in [1.807, 2.05) is 28.4 Å². The third kappa shape index (κ3) is 4.08. The molecule has 1 aliphatic rings. The fraction of sp³-hybridized carbons (Fsp3) is 0.688. The molecule has 25 heavy (non-hydrogen) atoms. The molecule has 2 rings (SSSR count). The van der Waals surface area contributed by atoms with E-state index in [0.717, 1.165) is 24.3 Å². The van der Waals surface area contributed by atoms with Crippen molar-refractivity contribution in [2.45, 2.75) is 37.3 Å². The average molecular weight is 387 g/mol. The molecule has 0 aromatic carbocycles. The average Bonchev–Trinajstić information content (AvgIpc) is 3.18. The number of aromatic nitrogens is 2. The third-order valence-corrected chi connectivity index (χ3v) is 6.97. The van der Waals surface area contributed by atoms with Crippen LogP contribution in [0.4, 0.5) is 5.69 Å². The van der Waals surface area contributed by atoms with E-state index >= 15 is 0 Å². The summed E-state index contributed by atoms with van der Waals surface area (Å²) in [7, 11) is 2.87. The summed E-state index contributed by atoms with van der Waals surface area (Å²) in [5, 5.41) is 4.20. The summed E-state index contributed by atoms with van der Waals surface area (Å²) in [6, 6.07) is 0.158. The number of aryl methyl sites for hydroxylation is 1. The Hall–Kier alpha value is -1.35. The molecule has 9 heteroatoms. The van der Waals surface area contributed by atoms with Crippen molar-refractivity contribution in [3.8, 4) is 0 Å². The van der Waals surface area contributed by atoms with E-state index in [9.17, 15) is 9.59 Å². The van der Waals surface area contributed by atoms with Gasteiger partial charge in [-0.3, -0.25) is 9.48 Å². The first kappa shape index (κ1) is 20.0. The Morgan fingerprint density at radius 2 is 2.00 bits per heavy atom. The van der Waals surface area contributed by atoms with Gasteiger partial charge in [-0.1, -0.05) is 13.8 Å². The molecule has 7 nitrogen and oxygen atoms in total. The highest BCUT2D eigenvalue weighted by atomic mass is 32.2. The highest BCUT2D eigenvalue weighted by molar-refractivity contribution is 8.17. The molecule has 1 aromatic heterocycles. The van der Waals surface area contributed by atoms with Crippen LogP contribution in [-0.2, 0) is 11.8 Å². The quantitative estimate of drug-likeness (QED) is 0.567. The monoisotopic (exact) mass is 386 g/mol. The van der Waals surface area contributed by atoms with Gasteiger partial charge in [-0.15, -0.1) is 23.5 Å². The number of hydrogen-bond donors (Lipinski definition) is 1. The van der Waals surface area contributed by atoms with Crippen molar-refractivity contribution in [1.82, 2.24) is 14.7 Å². The molecule has 1 saturated heterocycles. The van der Waals surface area contributed by atoms with E-state index in [0.29, 0.717) is 11.1 Å². The van der Waals surface area contributed by atoms with E-state index in [-0.39, 0.29) is 29.0 Å². The smallest absolute Gasteiger partial charge is 0.358 e. The van der Waals surface area contributed by atoms with Crippen LogP contribution in [0.5, 0.6) is 0 Å². The summed E-state index contributed by atoms with van der Waals surface area (Å²) in [6.07, 6.45) is 1.95. The molecular formula is C16H26N4O3S2. The Labute approximate surface area is 157 Å². The summed E-state index contributed by atoms with van der Waals surface area (Å²) in [6.45, 7) is 4.96. The first-order chi connectivity index (χ1) is 12.0. The number of ether oxygens (including phenoxy) is 1. The fourth-order valence-electron chi connectivity index (χ4n) is 3.10. The minimum absolute atomic E-state index is 0.0906. The Morgan fingerprint density at radius 3 is 2.56 bits per heavy atom. The topological polar surface area (TPSA) is 90.5 Å². The minimum atomic E-state index is -0.592. The van der Waals surface area contributed by atoms with Gasteiger partial charge in [0.1, 0.15) is 0 Å². The van der Waals surface area contributed by atoms with Gasteiger partial charge < -0.3 is 15.4 Å². The first-order valence-corrected chi connectivity index (χ1v) is 10.5. The number of esters is 1. The number of nitrogens with two attached hydrogens (primary N) is 1. The van der Waals surface area contributed by atoms with Crippen LogP contribution in [0.3, 0.4) is 0 Å². The molecule has 1 fully saturated rings. The number of rotatable bonds is 7. The second kappa shape index (κ2) is 8.84. The Balaban J connectivity index is 2.28. The second-order valence-corrected chi connectivity index (χ2v) is 8.85. The predicted molar refractivity (Wildman–Crippen MR) is 103 cm³/mol. The lowest BCUT2D eigenvalue weighted by Gasteiger charge is -2.30. The zero-order valence-electron chi connectivity index (χ0n) is 15.2. The maximum absolute atomic E-state index is 13.1. The van der Waals surface area contributed by atoms with Gasteiger partial charge in [-0.2, -0.15) is 5.10 Å². The van der Waals surface area contributed by atoms with Crippen molar-refractivity contribution < 1.29 is 14.3 Å². The van der Waals surface area contributed by atoms with Gasteiger partial charge >= 0.3 is 5.97 Å². The number of carbonyl (C=O) groups is 2. The zero-order chi connectivity index (χ0) is 18.6. The lowest BCUT2D eigenvalue weighted by Crippen LogP contribution is -2.41. The third-order valence-electron chi connectivity index (χ3n) is 4.20. The molecule has 1 atom stereocenters. The van der Waals surface area contributed by atoms with E-state index in [1.54, 1.807) is 7.05 Å². The van der Waals surface area contributed by atoms with Crippen LogP contribution >= 0.6 is 23.5 Å². The highest BCUT2D eigenvalue weighted by Gasteiger charge is 2.37. The fourth-order valence-corrected chi connectivity index (χ4v) is 5.97. The Morgan fingerprint density at radius 1 is 1.36 bits per heavy atom. The van der Waals surface area contributed by atoms with Crippen LogP contribution in [0.1, 0.15) is 47.7 Å². The van der Waals surface area contributed by atoms with Crippen LogP contribution < -0.4 is 5.73 Å². The largest absolute Gasteiger partial charge is 0.464 e. The second-order valence-electron chi connectivity index (χ2n) is 5.71. The molecule has 0 spiro atoms. The van der Waals surface area contributed by atoms with Crippen LogP contribution in [0.25, 0.3) is 0 Å². The maximum Gasteiger partial charge on any atom is 0.358 e. The van der Waals surface area contributed by atoms with Crippen LogP contribution in [0.2, 0.25) is 0 Å². The number of thioether (sulfide) groups is 2. The SMILES string of the molecule is CCSC(SCC)[C@@H]1CCCN1C(=O)c1nn(C)c(C(=O)OC)c1N. The van der Waals surface area contributed by atoms with Crippen molar-refractivity contribution in [2.75, 3.05) is 30.9 Å². The first-order valence-electron chi connectivity index (χ1n) is 8.41. The molecule has 0 unspecified atom stereocenters. The van der Waals surface area contributed by atoms with Gasteiger partial charge in [0.25, 0.3) is 5.91 Å². The van der Waals surface area contributed by atoms with E-state index < -0.39 is 5.97 Å². The molecule has 2 heterocycles. The molecular weight excluding hydrogens is 360 g/mol. The predicted octanol–water partition coefficient (Wildman–Crippen LogP) is 2.23. The van der Waals surface area contributed by atoms with Gasteiger partial charge in [0.15, 0.2) is 11.4 Å². The zero-order valence-corrected chi connectivity index (χ0v) is 16.8. The number of hydrogen-bond acceptors (Lipinski definition) is 7. The molecule has 2 N–H and O–H groups in total. The summed E-state index contributed by atoms with van der Waals surface area (Å²) in [5.74, 6) is 1.22. The van der Waals surface area contributed by atoms with E-state index in [2.05, 4.69) is 18.9 Å².